The average molecular weight is 437 g/mol. The third-order valence-corrected chi connectivity index (χ3v) is 5.67. The van der Waals surface area contributed by atoms with Gasteiger partial charge in [0.2, 0.25) is 5.88 Å². The lowest BCUT2D eigenvalue weighted by Crippen LogP contribution is -2.37. The molecule has 6 nitrogen and oxygen atoms in total. The van der Waals surface area contributed by atoms with Crippen LogP contribution in [0.1, 0.15) is 26.3 Å². The number of fused-ring (bicyclic) bond motifs is 1. The fourth-order valence-corrected chi connectivity index (χ4v) is 4.33. The summed E-state index contributed by atoms with van der Waals surface area (Å²) in [6, 6.07) is 14.8. The second-order valence-electron chi connectivity index (χ2n) is 7.92. The molecule has 0 atom stereocenters. The van der Waals surface area contributed by atoms with Crippen molar-refractivity contribution in [3.05, 3.63) is 81.1 Å². The Morgan fingerprint density at radius 1 is 0.935 bits per heavy atom. The Morgan fingerprint density at radius 3 is 2.03 bits per heavy atom. The summed E-state index contributed by atoms with van der Waals surface area (Å²) in [5, 5.41) is 0. The number of methoxy groups -OCH3 is 2. The summed E-state index contributed by atoms with van der Waals surface area (Å²) in [6.45, 7) is 5.86. The zero-order valence-electron chi connectivity index (χ0n) is 18.1. The van der Waals surface area contributed by atoms with Crippen molar-refractivity contribution >= 4 is 12.2 Å². The van der Waals surface area contributed by atoms with Crippen LogP contribution in [-0.4, -0.2) is 23.4 Å². The lowest BCUT2D eigenvalue weighted by molar-refractivity contribution is 0.351. The minimum Gasteiger partial charge on any atom is -0.497 e. The van der Waals surface area contributed by atoms with Crippen LogP contribution in [0, 0.1) is 4.77 Å². The molecule has 2 aromatic carbocycles. The molecule has 4 rings (SSSR count). The molecule has 7 heteroatoms. The van der Waals surface area contributed by atoms with Crippen LogP contribution < -0.4 is 19.8 Å². The van der Waals surface area contributed by atoms with Gasteiger partial charge in [-0.05, 0) is 49.5 Å². The summed E-state index contributed by atoms with van der Waals surface area (Å²) in [5.74, 6) is 2.44. The van der Waals surface area contributed by atoms with Gasteiger partial charge in [0.05, 0.1) is 36.9 Å². The predicted molar refractivity (Wildman–Crippen MR) is 123 cm³/mol. The highest BCUT2D eigenvalue weighted by Crippen LogP contribution is 2.38. The molecule has 0 unspecified atom stereocenters. The molecular weight excluding hydrogens is 412 g/mol. The van der Waals surface area contributed by atoms with E-state index in [-0.39, 0.29) is 10.3 Å². The zero-order valence-corrected chi connectivity index (χ0v) is 18.9. The number of aromatic nitrogens is 2. The highest BCUT2D eigenvalue weighted by atomic mass is 32.1. The maximum atomic E-state index is 13.8. The van der Waals surface area contributed by atoms with Crippen molar-refractivity contribution in [3.8, 4) is 28.8 Å². The van der Waals surface area contributed by atoms with Crippen molar-refractivity contribution in [1.82, 2.24) is 9.13 Å². The van der Waals surface area contributed by atoms with Crippen LogP contribution >= 0.6 is 12.2 Å². The van der Waals surface area contributed by atoms with Gasteiger partial charge in [-0.3, -0.25) is 13.9 Å². The molecule has 0 saturated heterocycles. The van der Waals surface area contributed by atoms with Gasteiger partial charge in [0.1, 0.15) is 11.5 Å². The van der Waals surface area contributed by atoms with Crippen LogP contribution in [0.25, 0.3) is 11.4 Å². The molecule has 1 aliphatic rings. The molecule has 0 fully saturated rings. The van der Waals surface area contributed by atoms with Crippen molar-refractivity contribution in [3.63, 3.8) is 0 Å². The Hall–Kier alpha value is -3.32. The van der Waals surface area contributed by atoms with Crippen molar-refractivity contribution in [2.24, 2.45) is 0 Å². The minimum atomic E-state index is -0.557. The van der Waals surface area contributed by atoms with Gasteiger partial charge in [0.25, 0.3) is 5.56 Å². The fourth-order valence-electron chi connectivity index (χ4n) is 3.95. The summed E-state index contributed by atoms with van der Waals surface area (Å²) < 4.78 is 20.5. The van der Waals surface area contributed by atoms with Crippen LogP contribution in [0.2, 0.25) is 0 Å². The van der Waals surface area contributed by atoms with Crippen LogP contribution in [0.15, 0.2) is 65.2 Å². The van der Waals surface area contributed by atoms with E-state index in [4.69, 9.17) is 26.4 Å². The largest absolute Gasteiger partial charge is 0.497 e. The van der Waals surface area contributed by atoms with E-state index in [1.807, 2.05) is 69.3 Å². The fraction of sp³-hybridized carbons (Fsp3) is 0.250. The SMILES string of the molecule is COc1cccc(-n2c3c(c(=O)n(-c4cccc(OC)c4)c2=S)C(C)(C)C=C(C)O3)c1. The van der Waals surface area contributed by atoms with Crippen molar-refractivity contribution in [2.75, 3.05) is 14.2 Å². The van der Waals surface area contributed by atoms with Gasteiger partial charge < -0.3 is 14.2 Å². The smallest absolute Gasteiger partial charge is 0.266 e. The summed E-state index contributed by atoms with van der Waals surface area (Å²) >= 11 is 5.85. The van der Waals surface area contributed by atoms with Gasteiger partial charge >= 0.3 is 0 Å². The molecule has 0 aliphatic carbocycles. The lowest BCUT2D eigenvalue weighted by Gasteiger charge is -2.31. The third-order valence-electron chi connectivity index (χ3n) is 5.31. The molecule has 0 N–H and O–H groups in total. The van der Waals surface area contributed by atoms with E-state index in [1.54, 1.807) is 24.9 Å². The van der Waals surface area contributed by atoms with E-state index in [9.17, 15) is 4.79 Å². The van der Waals surface area contributed by atoms with Gasteiger partial charge in [-0.2, -0.15) is 0 Å². The summed E-state index contributed by atoms with van der Waals surface area (Å²) in [5.41, 5.74) is 1.11. The maximum Gasteiger partial charge on any atom is 0.266 e. The first kappa shape index (κ1) is 20.9. The van der Waals surface area contributed by atoms with E-state index in [0.29, 0.717) is 34.4 Å². The minimum absolute atomic E-state index is 0.221. The lowest BCUT2D eigenvalue weighted by atomic mass is 9.83. The molecule has 0 bridgehead atoms. The van der Waals surface area contributed by atoms with E-state index in [2.05, 4.69) is 0 Å². The number of hydrogen-bond donors (Lipinski definition) is 0. The second-order valence-corrected chi connectivity index (χ2v) is 8.29. The van der Waals surface area contributed by atoms with Crippen LogP contribution in [-0.2, 0) is 5.41 Å². The van der Waals surface area contributed by atoms with Crippen molar-refractivity contribution < 1.29 is 14.2 Å². The molecule has 0 amide bonds. The topological polar surface area (TPSA) is 54.6 Å². The van der Waals surface area contributed by atoms with E-state index < -0.39 is 5.41 Å². The molecular formula is C24H24N2O4S. The van der Waals surface area contributed by atoms with Crippen molar-refractivity contribution in [1.29, 1.82) is 0 Å². The predicted octanol–water partition coefficient (Wildman–Crippen LogP) is 4.95. The first-order valence-electron chi connectivity index (χ1n) is 9.85. The molecule has 160 valence electrons. The van der Waals surface area contributed by atoms with Crippen molar-refractivity contribution in [2.45, 2.75) is 26.2 Å². The first-order chi connectivity index (χ1) is 14.8. The number of rotatable bonds is 4. The normalized spacial score (nSPS) is 14.3. The average Bonchev–Trinajstić information content (AvgIpc) is 2.72. The highest BCUT2D eigenvalue weighted by molar-refractivity contribution is 7.71. The third kappa shape index (κ3) is 3.55. The molecule has 0 saturated carbocycles. The Labute approximate surface area is 185 Å². The van der Waals surface area contributed by atoms with Gasteiger partial charge in [-0.15, -0.1) is 0 Å². The van der Waals surface area contributed by atoms with E-state index in [0.717, 1.165) is 5.69 Å². The molecule has 31 heavy (non-hydrogen) atoms. The molecule has 0 spiro atoms. The number of benzene rings is 2. The standard InChI is InChI=1S/C24H24N2O4S/c1-15-14-24(2,3)20-21(27)25(16-8-6-10-18(12-16)28-4)23(31)26(22(20)30-15)17-9-7-11-19(13-17)29-5/h6-14H,1-5H3. The monoisotopic (exact) mass is 436 g/mol. The van der Waals surface area contributed by atoms with Crippen LogP contribution in [0.3, 0.4) is 0 Å². The maximum absolute atomic E-state index is 13.8. The van der Waals surface area contributed by atoms with Gasteiger partial charge in [-0.1, -0.05) is 26.0 Å². The Balaban J connectivity index is 2.15. The summed E-state index contributed by atoms with van der Waals surface area (Å²) in [4.78, 5) is 13.8. The van der Waals surface area contributed by atoms with E-state index >= 15 is 0 Å². The molecule has 1 aliphatic heterocycles. The number of hydrogen-bond acceptors (Lipinski definition) is 5. The molecule has 1 aromatic heterocycles. The zero-order chi connectivity index (χ0) is 22.3. The number of nitrogens with zero attached hydrogens (tertiary/aromatic N) is 2. The van der Waals surface area contributed by atoms with E-state index in [1.165, 1.54) is 4.57 Å². The Bertz CT molecular complexity index is 1320. The highest BCUT2D eigenvalue weighted by Gasteiger charge is 2.35. The number of allylic oxidation sites excluding steroid dienone is 2. The Morgan fingerprint density at radius 2 is 1.48 bits per heavy atom. The van der Waals surface area contributed by atoms with Gasteiger partial charge in [0.15, 0.2) is 4.77 Å². The number of ether oxygens (including phenoxy) is 3. The Kier molecular flexibility index (Phi) is 5.23. The molecule has 2 heterocycles. The molecule has 0 radical (unpaired) electrons. The summed E-state index contributed by atoms with van der Waals surface area (Å²) in [7, 11) is 3.20. The van der Waals surface area contributed by atoms with Gasteiger partial charge in [-0.25, -0.2) is 0 Å². The van der Waals surface area contributed by atoms with Crippen LogP contribution in [0.5, 0.6) is 17.4 Å². The first-order valence-corrected chi connectivity index (χ1v) is 10.3. The van der Waals surface area contributed by atoms with Gasteiger partial charge in [0, 0.05) is 17.5 Å². The quantitative estimate of drug-likeness (QED) is 0.542. The second kappa shape index (κ2) is 7.74. The summed E-state index contributed by atoms with van der Waals surface area (Å²) in [6.07, 6.45) is 1.95. The molecule has 3 aromatic rings. The van der Waals surface area contributed by atoms with Crippen LogP contribution in [0.4, 0.5) is 0 Å².